The van der Waals surface area contributed by atoms with E-state index in [4.69, 9.17) is 9.47 Å². The van der Waals surface area contributed by atoms with Gasteiger partial charge >= 0.3 is 5.97 Å². The number of rotatable bonds is 9. The van der Waals surface area contributed by atoms with Crippen LogP contribution >= 0.6 is 0 Å². The predicted molar refractivity (Wildman–Crippen MR) is 86.3 cm³/mol. The lowest BCUT2D eigenvalue weighted by atomic mass is 9.84. The molecule has 0 unspecified atom stereocenters. The van der Waals surface area contributed by atoms with Crippen molar-refractivity contribution in [3.8, 4) is 0 Å². The molecule has 0 heterocycles. The van der Waals surface area contributed by atoms with Gasteiger partial charge in [0.2, 0.25) is 0 Å². The zero-order valence-corrected chi connectivity index (χ0v) is 13.6. The average Bonchev–Trinajstić information content (AvgIpc) is 2.51. The third-order valence-electron chi connectivity index (χ3n) is 3.44. The molecular weight excluding hydrogens is 280 g/mol. The lowest BCUT2D eigenvalue weighted by Gasteiger charge is -2.27. The first-order chi connectivity index (χ1) is 10.5. The first kappa shape index (κ1) is 18.4. The first-order valence-corrected chi connectivity index (χ1v) is 7.61. The first-order valence-electron chi connectivity index (χ1n) is 7.61. The van der Waals surface area contributed by atoms with E-state index in [0.717, 1.165) is 5.56 Å². The van der Waals surface area contributed by atoms with Gasteiger partial charge in [0, 0.05) is 18.1 Å². The molecule has 0 spiro atoms. The van der Waals surface area contributed by atoms with Crippen molar-refractivity contribution >= 4 is 5.97 Å². The molecule has 22 heavy (non-hydrogen) atoms. The molecule has 0 fully saturated rings. The van der Waals surface area contributed by atoms with Gasteiger partial charge in [0.1, 0.15) is 0 Å². The van der Waals surface area contributed by atoms with E-state index in [-0.39, 0.29) is 5.97 Å². The zero-order valence-electron chi connectivity index (χ0n) is 13.6. The summed E-state index contributed by atoms with van der Waals surface area (Å²) in [5.74, 6) is -0.386. The van der Waals surface area contributed by atoms with Crippen LogP contribution in [0.1, 0.15) is 32.8 Å². The fourth-order valence-corrected chi connectivity index (χ4v) is 1.92. The minimum absolute atomic E-state index is 0.347. The Morgan fingerprint density at radius 3 is 2.64 bits per heavy atom. The van der Waals surface area contributed by atoms with Gasteiger partial charge in [-0.3, -0.25) is 0 Å². The number of hydrogen-bond donors (Lipinski definition) is 1. The van der Waals surface area contributed by atoms with Crippen LogP contribution in [0.3, 0.4) is 0 Å². The van der Waals surface area contributed by atoms with Crippen LogP contribution < -0.4 is 0 Å². The summed E-state index contributed by atoms with van der Waals surface area (Å²) in [5, 5.41) is 10.2. The number of benzene rings is 1. The summed E-state index contributed by atoms with van der Waals surface area (Å²) < 4.78 is 10.4. The van der Waals surface area contributed by atoms with Gasteiger partial charge in [0.05, 0.1) is 19.3 Å². The normalized spacial score (nSPS) is 13.3. The van der Waals surface area contributed by atoms with E-state index >= 15 is 0 Å². The molecule has 1 aromatic rings. The minimum atomic E-state index is -0.589. The topological polar surface area (TPSA) is 55.8 Å². The zero-order chi connectivity index (χ0) is 16.4. The van der Waals surface area contributed by atoms with Crippen LogP contribution in [-0.2, 0) is 20.9 Å². The number of aliphatic hydroxyl groups excluding tert-OH is 1. The van der Waals surface area contributed by atoms with E-state index in [9.17, 15) is 9.90 Å². The summed E-state index contributed by atoms with van der Waals surface area (Å²) in [4.78, 5) is 11.3. The van der Waals surface area contributed by atoms with Crippen LogP contribution in [0.15, 0.2) is 42.5 Å². The fourth-order valence-electron chi connectivity index (χ4n) is 1.92. The van der Waals surface area contributed by atoms with Crippen molar-refractivity contribution in [1.82, 2.24) is 0 Å². The Morgan fingerprint density at radius 2 is 2.00 bits per heavy atom. The Bertz CT molecular complexity index is 465. The molecule has 0 aliphatic carbocycles. The predicted octanol–water partition coefficient (Wildman–Crippen LogP) is 3.10. The Morgan fingerprint density at radius 1 is 1.32 bits per heavy atom. The molecule has 1 rings (SSSR count). The van der Waals surface area contributed by atoms with Crippen LogP contribution in [0.25, 0.3) is 0 Å². The van der Waals surface area contributed by atoms with Gasteiger partial charge < -0.3 is 14.6 Å². The molecule has 0 aromatic heterocycles. The standard InChI is InChI=1S/C18H26O4/c1-4-22-17(20)10-12-18(2,3)16(19)11-13-21-14-15-8-6-5-7-9-15/h5-10,12,16,19H,4,11,13-14H2,1-3H3/b12-10+/t16-/m1/s1. The molecule has 122 valence electrons. The Kier molecular flexibility index (Phi) is 7.85. The van der Waals surface area contributed by atoms with Gasteiger partial charge in [-0.1, -0.05) is 50.3 Å². The van der Waals surface area contributed by atoms with E-state index in [0.29, 0.717) is 26.2 Å². The molecule has 0 saturated carbocycles. The highest BCUT2D eigenvalue weighted by atomic mass is 16.5. The molecule has 1 atom stereocenters. The van der Waals surface area contributed by atoms with Crippen LogP contribution in [-0.4, -0.2) is 30.4 Å². The van der Waals surface area contributed by atoms with E-state index < -0.39 is 11.5 Å². The smallest absolute Gasteiger partial charge is 0.330 e. The fraction of sp³-hybridized carbons (Fsp3) is 0.500. The second-order valence-electron chi connectivity index (χ2n) is 5.75. The number of hydrogen-bond acceptors (Lipinski definition) is 4. The SMILES string of the molecule is CCOC(=O)/C=C/C(C)(C)[C@H](O)CCOCc1ccccc1. The summed E-state index contributed by atoms with van der Waals surface area (Å²) in [6.45, 7) is 6.86. The van der Waals surface area contributed by atoms with Gasteiger partial charge in [-0.2, -0.15) is 0 Å². The van der Waals surface area contributed by atoms with Crippen molar-refractivity contribution in [2.75, 3.05) is 13.2 Å². The molecule has 4 nitrogen and oxygen atoms in total. The van der Waals surface area contributed by atoms with Gasteiger partial charge in [0.25, 0.3) is 0 Å². The minimum Gasteiger partial charge on any atom is -0.463 e. The molecule has 0 radical (unpaired) electrons. The lowest BCUT2D eigenvalue weighted by molar-refractivity contribution is -0.137. The second-order valence-corrected chi connectivity index (χ2v) is 5.75. The van der Waals surface area contributed by atoms with Crippen molar-refractivity contribution in [3.05, 3.63) is 48.0 Å². The number of aliphatic hydroxyl groups is 1. The molecule has 0 amide bonds. The van der Waals surface area contributed by atoms with Crippen LogP contribution in [0, 0.1) is 5.41 Å². The molecule has 0 saturated heterocycles. The lowest BCUT2D eigenvalue weighted by Crippen LogP contribution is -2.28. The largest absolute Gasteiger partial charge is 0.463 e. The summed E-state index contributed by atoms with van der Waals surface area (Å²) in [6, 6.07) is 9.91. The highest BCUT2D eigenvalue weighted by Gasteiger charge is 2.25. The summed E-state index contributed by atoms with van der Waals surface area (Å²) in [5.41, 5.74) is 0.599. The average molecular weight is 306 g/mol. The monoisotopic (exact) mass is 306 g/mol. The number of carbonyl (C=O) groups excluding carboxylic acids is 1. The van der Waals surface area contributed by atoms with Crippen molar-refractivity contribution in [2.45, 2.75) is 39.9 Å². The molecule has 1 N–H and O–H groups in total. The van der Waals surface area contributed by atoms with Crippen molar-refractivity contribution in [3.63, 3.8) is 0 Å². The molecule has 0 bridgehead atoms. The van der Waals surface area contributed by atoms with Crippen molar-refractivity contribution in [1.29, 1.82) is 0 Å². The summed E-state index contributed by atoms with van der Waals surface area (Å²) >= 11 is 0. The number of esters is 1. The number of carbonyl (C=O) groups is 1. The highest BCUT2D eigenvalue weighted by molar-refractivity contribution is 5.82. The van der Waals surface area contributed by atoms with E-state index in [1.807, 2.05) is 44.2 Å². The van der Waals surface area contributed by atoms with Crippen molar-refractivity contribution < 1.29 is 19.4 Å². The Hall–Kier alpha value is -1.65. The number of ether oxygens (including phenoxy) is 2. The van der Waals surface area contributed by atoms with Crippen LogP contribution in [0.5, 0.6) is 0 Å². The van der Waals surface area contributed by atoms with E-state index in [1.54, 1.807) is 13.0 Å². The van der Waals surface area contributed by atoms with Gasteiger partial charge in [0.15, 0.2) is 0 Å². The molecule has 0 aliphatic rings. The van der Waals surface area contributed by atoms with Crippen LogP contribution in [0.2, 0.25) is 0 Å². The van der Waals surface area contributed by atoms with Gasteiger partial charge in [-0.25, -0.2) is 4.79 Å². The second kappa shape index (κ2) is 9.38. The molecular formula is C18H26O4. The highest BCUT2D eigenvalue weighted by Crippen LogP contribution is 2.25. The van der Waals surface area contributed by atoms with E-state index in [1.165, 1.54) is 6.08 Å². The maximum Gasteiger partial charge on any atom is 0.330 e. The Labute approximate surface area is 132 Å². The third kappa shape index (κ3) is 6.87. The summed E-state index contributed by atoms with van der Waals surface area (Å²) in [7, 11) is 0. The third-order valence-corrected chi connectivity index (χ3v) is 3.44. The van der Waals surface area contributed by atoms with Crippen molar-refractivity contribution in [2.24, 2.45) is 5.41 Å². The molecule has 4 heteroatoms. The van der Waals surface area contributed by atoms with Crippen LogP contribution in [0.4, 0.5) is 0 Å². The molecule has 0 aliphatic heterocycles. The van der Waals surface area contributed by atoms with Gasteiger partial charge in [-0.05, 0) is 18.9 Å². The summed E-state index contributed by atoms with van der Waals surface area (Å²) in [6.07, 6.45) is 2.98. The molecule has 1 aromatic carbocycles. The Balaban J connectivity index is 2.33. The van der Waals surface area contributed by atoms with E-state index in [2.05, 4.69) is 0 Å². The quantitative estimate of drug-likeness (QED) is 0.433. The maximum absolute atomic E-state index is 11.3. The van der Waals surface area contributed by atoms with Gasteiger partial charge in [-0.15, -0.1) is 0 Å². The maximum atomic E-state index is 11.3.